The number of thiol groups is 1. The van der Waals surface area contributed by atoms with Crippen LogP contribution >= 0.6 is 12.6 Å². The van der Waals surface area contributed by atoms with Crippen LogP contribution in [-0.2, 0) is 0 Å². The first-order valence-electron chi connectivity index (χ1n) is 4.48. The first kappa shape index (κ1) is 8.88. The molecule has 1 fully saturated rings. The molecule has 1 aromatic carbocycles. The van der Waals surface area contributed by atoms with Crippen LogP contribution in [0, 0.1) is 11.7 Å². The summed E-state index contributed by atoms with van der Waals surface area (Å²) < 4.78 is 13.1. The van der Waals surface area contributed by atoms with Crippen molar-refractivity contribution in [3.63, 3.8) is 0 Å². The fourth-order valence-electron chi connectivity index (χ4n) is 1.23. The lowest BCUT2D eigenvalue weighted by Gasteiger charge is -2.06. The average molecular weight is 197 g/mol. The molecule has 3 heteroatoms. The van der Waals surface area contributed by atoms with Gasteiger partial charge in [-0.1, -0.05) is 0 Å². The van der Waals surface area contributed by atoms with Crippen LogP contribution in [0.25, 0.3) is 0 Å². The first-order chi connectivity index (χ1) is 6.25. The van der Waals surface area contributed by atoms with Crippen LogP contribution in [0.5, 0.6) is 0 Å². The molecule has 0 unspecified atom stereocenters. The molecule has 2 rings (SSSR count). The van der Waals surface area contributed by atoms with Gasteiger partial charge in [0, 0.05) is 11.4 Å². The summed E-state index contributed by atoms with van der Waals surface area (Å²) in [6.07, 6.45) is 2.55. The number of rotatable bonds is 3. The minimum atomic E-state index is -0.196. The van der Waals surface area contributed by atoms with E-state index in [0.29, 0.717) is 5.69 Å². The van der Waals surface area contributed by atoms with Crippen LogP contribution in [0.4, 0.5) is 10.1 Å². The van der Waals surface area contributed by atoms with Crippen molar-refractivity contribution in [2.75, 3.05) is 11.9 Å². The van der Waals surface area contributed by atoms with E-state index < -0.39 is 0 Å². The third-order valence-corrected chi connectivity index (χ3v) is 2.51. The average Bonchev–Trinajstić information content (AvgIpc) is 2.90. The number of hydrogen-bond donors (Lipinski definition) is 2. The molecule has 1 aliphatic rings. The van der Waals surface area contributed by atoms with Crippen LogP contribution in [-0.4, -0.2) is 6.54 Å². The number of hydrogen-bond acceptors (Lipinski definition) is 2. The molecule has 0 atom stereocenters. The van der Waals surface area contributed by atoms with E-state index in [1.165, 1.54) is 18.9 Å². The number of nitrogens with one attached hydrogen (secondary N) is 1. The standard InChI is InChI=1S/C10H12FNS/c11-9-4-3-8(13)5-10(9)12-6-7-1-2-7/h3-5,7,12-13H,1-2,6H2. The Labute approximate surface area is 82.8 Å². The summed E-state index contributed by atoms with van der Waals surface area (Å²) in [5.41, 5.74) is 0.569. The lowest BCUT2D eigenvalue weighted by atomic mass is 10.3. The lowest BCUT2D eigenvalue weighted by Crippen LogP contribution is -2.04. The predicted molar refractivity (Wildman–Crippen MR) is 54.9 cm³/mol. The van der Waals surface area contributed by atoms with Crippen molar-refractivity contribution >= 4 is 18.3 Å². The van der Waals surface area contributed by atoms with E-state index in [-0.39, 0.29) is 5.82 Å². The zero-order valence-electron chi connectivity index (χ0n) is 7.26. The SMILES string of the molecule is Fc1ccc(S)cc1NCC1CC1. The summed E-state index contributed by atoms with van der Waals surface area (Å²) in [5.74, 6) is 0.557. The summed E-state index contributed by atoms with van der Waals surface area (Å²) >= 11 is 4.15. The van der Waals surface area contributed by atoms with Crippen molar-refractivity contribution in [2.24, 2.45) is 5.92 Å². The molecule has 70 valence electrons. The Hall–Kier alpha value is -0.700. The van der Waals surface area contributed by atoms with Crippen LogP contribution in [0.2, 0.25) is 0 Å². The molecule has 1 aromatic rings. The van der Waals surface area contributed by atoms with Gasteiger partial charge in [0.1, 0.15) is 5.82 Å². The minimum Gasteiger partial charge on any atom is -0.382 e. The quantitative estimate of drug-likeness (QED) is 0.710. The second-order valence-corrected chi connectivity index (χ2v) is 4.00. The van der Waals surface area contributed by atoms with Crippen molar-refractivity contribution in [2.45, 2.75) is 17.7 Å². The normalized spacial score (nSPS) is 15.8. The molecule has 0 radical (unpaired) electrons. The molecule has 1 saturated carbocycles. The Morgan fingerprint density at radius 3 is 2.92 bits per heavy atom. The van der Waals surface area contributed by atoms with E-state index in [1.807, 2.05) is 0 Å². The van der Waals surface area contributed by atoms with E-state index >= 15 is 0 Å². The van der Waals surface area contributed by atoms with Crippen molar-refractivity contribution in [3.8, 4) is 0 Å². The third-order valence-electron chi connectivity index (χ3n) is 2.23. The van der Waals surface area contributed by atoms with Crippen molar-refractivity contribution < 1.29 is 4.39 Å². The van der Waals surface area contributed by atoms with Gasteiger partial charge in [-0.15, -0.1) is 12.6 Å². The van der Waals surface area contributed by atoms with Crippen molar-refractivity contribution in [3.05, 3.63) is 24.0 Å². The maximum atomic E-state index is 13.1. The molecule has 0 bridgehead atoms. The fraction of sp³-hybridized carbons (Fsp3) is 0.400. The summed E-state index contributed by atoms with van der Waals surface area (Å²) in [6, 6.07) is 4.82. The molecule has 1 N–H and O–H groups in total. The summed E-state index contributed by atoms with van der Waals surface area (Å²) in [4.78, 5) is 0.791. The molecule has 0 spiro atoms. The molecular formula is C10H12FNS. The van der Waals surface area contributed by atoms with Gasteiger partial charge >= 0.3 is 0 Å². The highest BCUT2D eigenvalue weighted by Gasteiger charge is 2.20. The Kier molecular flexibility index (Phi) is 2.44. The molecule has 1 aliphatic carbocycles. The number of halogens is 1. The second kappa shape index (κ2) is 3.58. The number of benzene rings is 1. The predicted octanol–water partition coefficient (Wildman–Crippen LogP) is 2.94. The number of anilines is 1. The maximum Gasteiger partial charge on any atom is 0.146 e. The molecule has 0 aliphatic heterocycles. The van der Waals surface area contributed by atoms with Gasteiger partial charge in [-0.25, -0.2) is 4.39 Å². The van der Waals surface area contributed by atoms with Gasteiger partial charge in [-0.2, -0.15) is 0 Å². The Morgan fingerprint density at radius 1 is 1.46 bits per heavy atom. The highest BCUT2D eigenvalue weighted by molar-refractivity contribution is 7.80. The molecular weight excluding hydrogens is 185 g/mol. The van der Waals surface area contributed by atoms with Gasteiger partial charge in [0.15, 0.2) is 0 Å². The fourth-order valence-corrected chi connectivity index (χ4v) is 1.43. The smallest absolute Gasteiger partial charge is 0.146 e. The molecule has 0 amide bonds. The zero-order valence-corrected chi connectivity index (χ0v) is 8.15. The van der Waals surface area contributed by atoms with E-state index in [9.17, 15) is 4.39 Å². The van der Waals surface area contributed by atoms with Crippen molar-refractivity contribution in [1.29, 1.82) is 0 Å². The summed E-state index contributed by atoms with van der Waals surface area (Å²) in [6.45, 7) is 0.883. The van der Waals surface area contributed by atoms with Crippen LogP contribution in [0.3, 0.4) is 0 Å². The van der Waals surface area contributed by atoms with E-state index in [2.05, 4.69) is 17.9 Å². The molecule has 1 nitrogen and oxygen atoms in total. The minimum absolute atomic E-state index is 0.196. The third kappa shape index (κ3) is 2.37. The summed E-state index contributed by atoms with van der Waals surface area (Å²) in [7, 11) is 0. The maximum absolute atomic E-state index is 13.1. The van der Waals surface area contributed by atoms with E-state index in [4.69, 9.17) is 0 Å². The van der Waals surface area contributed by atoms with Crippen LogP contribution in [0.15, 0.2) is 23.1 Å². The molecule has 13 heavy (non-hydrogen) atoms. The van der Waals surface area contributed by atoms with Gasteiger partial charge in [-0.3, -0.25) is 0 Å². The topological polar surface area (TPSA) is 12.0 Å². The molecule has 0 saturated heterocycles. The lowest BCUT2D eigenvalue weighted by molar-refractivity contribution is 0.628. The van der Waals surface area contributed by atoms with Gasteiger partial charge in [0.05, 0.1) is 5.69 Å². The van der Waals surface area contributed by atoms with E-state index in [0.717, 1.165) is 17.4 Å². The van der Waals surface area contributed by atoms with E-state index in [1.54, 1.807) is 12.1 Å². The largest absolute Gasteiger partial charge is 0.382 e. The Balaban J connectivity index is 2.03. The zero-order chi connectivity index (χ0) is 9.26. The first-order valence-corrected chi connectivity index (χ1v) is 4.93. The highest BCUT2D eigenvalue weighted by Crippen LogP contribution is 2.29. The molecule has 0 aromatic heterocycles. The highest BCUT2D eigenvalue weighted by atomic mass is 32.1. The molecule has 0 heterocycles. The van der Waals surface area contributed by atoms with Gasteiger partial charge in [-0.05, 0) is 37.0 Å². The van der Waals surface area contributed by atoms with Crippen LogP contribution < -0.4 is 5.32 Å². The van der Waals surface area contributed by atoms with Crippen molar-refractivity contribution in [1.82, 2.24) is 0 Å². The second-order valence-electron chi connectivity index (χ2n) is 3.49. The van der Waals surface area contributed by atoms with Gasteiger partial charge in [0.25, 0.3) is 0 Å². The van der Waals surface area contributed by atoms with Gasteiger partial charge in [0.2, 0.25) is 0 Å². The monoisotopic (exact) mass is 197 g/mol. The van der Waals surface area contributed by atoms with Gasteiger partial charge < -0.3 is 5.32 Å². The van der Waals surface area contributed by atoms with Crippen LogP contribution in [0.1, 0.15) is 12.8 Å². The Morgan fingerprint density at radius 2 is 2.23 bits per heavy atom. The Bertz CT molecular complexity index is 310. The summed E-state index contributed by atoms with van der Waals surface area (Å²) in [5, 5.41) is 3.09.